The van der Waals surface area contributed by atoms with Crippen LogP contribution in [0.2, 0.25) is 0 Å². The summed E-state index contributed by atoms with van der Waals surface area (Å²) in [4.78, 5) is 20.3. The Morgan fingerprint density at radius 2 is 2.11 bits per heavy atom. The van der Waals surface area contributed by atoms with Crippen LogP contribution in [-0.2, 0) is 35.0 Å². The maximum absolute atomic E-state index is 13.3. The zero-order chi connectivity index (χ0) is 19.7. The van der Waals surface area contributed by atoms with Crippen LogP contribution in [0.5, 0.6) is 11.5 Å². The summed E-state index contributed by atoms with van der Waals surface area (Å²) in [6, 6.07) is 5.37. The van der Waals surface area contributed by atoms with E-state index < -0.39 is 39.9 Å². The van der Waals surface area contributed by atoms with Gasteiger partial charge in [0.2, 0.25) is 0 Å². The highest BCUT2D eigenvalue weighted by Crippen LogP contribution is 2.48. The number of piperidine rings is 1. The molecule has 0 radical (unpaired) electrons. The number of hydrogen-bond donors (Lipinski definition) is 0. The molecule has 10 heteroatoms. The van der Waals surface area contributed by atoms with Crippen molar-refractivity contribution in [2.75, 3.05) is 20.7 Å². The van der Waals surface area contributed by atoms with Crippen LogP contribution in [0, 0.1) is 5.92 Å². The first-order valence-electron chi connectivity index (χ1n) is 8.90. The van der Waals surface area contributed by atoms with E-state index in [1.165, 1.54) is 7.11 Å². The Morgan fingerprint density at radius 1 is 1.29 bits per heavy atom. The van der Waals surface area contributed by atoms with Crippen LogP contribution in [-0.4, -0.2) is 63.7 Å². The highest BCUT2D eigenvalue weighted by Gasteiger charge is 2.67. The Hall–Kier alpha value is -1.98. The summed E-state index contributed by atoms with van der Waals surface area (Å²) in [7, 11) is -1.22. The van der Waals surface area contributed by atoms with E-state index in [-0.39, 0.29) is 12.6 Å². The molecule has 2 fully saturated rings. The van der Waals surface area contributed by atoms with E-state index in [0.29, 0.717) is 17.9 Å². The molecule has 3 aliphatic heterocycles. The number of fused-ring (bicyclic) bond motifs is 2. The summed E-state index contributed by atoms with van der Waals surface area (Å²) >= 11 is 0. The number of carbonyl (C=O) groups excluding carboxylic acids is 1. The molecule has 150 valence electrons. The van der Waals surface area contributed by atoms with Crippen LogP contribution in [0.25, 0.3) is 0 Å². The Balaban J connectivity index is 1.77. The quantitative estimate of drug-likeness (QED) is 0.482. The molecule has 1 aromatic carbocycles. The van der Waals surface area contributed by atoms with Crippen LogP contribution >= 0.6 is 0 Å². The van der Waals surface area contributed by atoms with Gasteiger partial charge >= 0.3 is 10.4 Å². The molecule has 1 aromatic rings. The number of benzene rings is 1. The third-order valence-corrected chi connectivity index (χ3v) is 6.66. The Morgan fingerprint density at radius 3 is 2.89 bits per heavy atom. The second-order valence-electron chi connectivity index (χ2n) is 7.46. The van der Waals surface area contributed by atoms with Crippen molar-refractivity contribution in [1.29, 1.82) is 0 Å². The lowest BCUT2D eigenvalue weighted by molar-refractivity contribution is -0.246. The molecular formula is C18H19NO8S. The normalized spacial score (nSPS) is 38.4. The number of Topliss-reactive ketones (excluding diaryl/α,β-unsaturated/α-hetero) is 1. The van der Waals surface area contributed by atoms with Crippen molar-refractivity contribution in [2.24, 2.45) is 5.92 Å². The van der Waals surface area contributed by atoms with Gasteiger partial charge in [-0.1, -0.05) is 22.6 Å². The molecule has 4 aliphatic rings. The predicted molar refractivity (Wildman–Crippen MR) is 93.9 cm³/mol. The van der Waals surface area contributed by atoms with Gasteiger partial charge in [0.25, 0.3) is 0 Å². The molecule has 0 amide bonds. The molecular weight excluding hydrogens is 390 g/mol. The van der Waals surface area contributed by atoms with E-state index in [0.717, 1.165) is 5.56 Å². The van der Waals surface area contributed by atoms with Crippen LogP contribution in [0.4, 0.5) is 0 Å². The summed E-state index contributed by atoms with van der Waals surface area (Å²) in [5.41, 5.74) is -0.811. The van der Waals surface area contributed by atoms with Crippen LogP contribution in [0.1, 0.15) is 5.56 Å². The molecule has 1 aliphatic carbocycles. The van der Waals surface area contributed by atoms with Gasteiger partial charge in [0.1, 0.15) is 0 Å². The Bertz CT molecular complexity index is 976. The van der Waals surface area contributed by atoms with Gasteiger partial charge in [-0.2, -0.15) is 8.42 Å². The Labute approximate surface area is 162 Å². The third kappa shape index (κ3) is 2.45. The molecule has 9 nitrogen and oxygen atoms in total. The molecule has 1 spiro atoms. The van der Waals surface area contributed by atoms with Gasteiger partial charge in [0, 0.05) is 12.0 Å². The number of ether oxygens (including phenoxy) is 2. The highest BCUT2D eigenvalue weighted by atomic mass is 32.3. The van der Waals surface area contributed by atoms with Crippen molar-refractivity contribution in [3.05, 3.63) is 35.9 Å². The molecule has 2 saturated heterocycles. The van der Waals surface area contributed by atoms with Gasteiger partial charge in [-0.05, 0) is 31.2 Å². The molecule has 28 heavy (non-hydrogen) atoms. The van der Waals surface area contributed by atoms with Crippen LogP contribution in [0.3, 0.4) is 0 Å². The van der Waals surface area contributed by atoms with Crippen molar-refractivity contribution < 1.29 is 36.1 Å². The second kappa shape index (κ2) is 6.01. The minimum Gasteiger partial charge on any atom is -0.493 e. The SMILES string of the molecule is COc1ccc2cc1O[C@@H]1[C@@H]3C=C[C@@H]4[C@@H](C2)N(C)CC(=O)[C@]41OS(=O)(=O)OO3. The maximum Gasteiger partial charge on any atom is 0.427 e. The van der Waals surface area contributed by atoms with Gasteiger partial charge in [0.05, 0.1) is 13.7 Å². The van der Waals surface area contributed by atoms with E-state index in [2.05, 4.69) is 4.33 Å². The second-order valence-corrected chi connectivity index (χ2v) is 8.58. The van der Waals surface area contributed by atoms with Gasteiger partial charge in [-0.3, -0.25) is 9.69 Å². The molecule has 5 rings (SSSR count). The lowest BCUT2D eigenvalue weighted by Crippen LogP contribution is -2.72. The molecule has 0 aromatic heterocycles. The fourth-order valence-electron chi connectivity index (χ4n) is 4.67. The van der Waals surface area contributed by atoms with Gasteiger partial charge in [-0.15, -0.1) is 0 Å². The summed E-state index contributed by atoms with van der Waals surface area (Å²) < 4.78 is 46.1. The smallest absolute Gasteiger partial charge is 0.427 e. The maximum atomic E-state index is 13.3. The molecule has 0 saturated carbocycles. The van der Waals surface area contributed by atoms with Crippen LogP contribution in [0.15, 0.2) is 30.4 Å². The lowest BCUT2D eigenvalue weighted by atomic mass is 9.66. The number of nitrogens with zero attached hydrogens (tertiary/aromatic N) is 1. The van der Waals surface area contributed by atoms with Crippen molar-refractivity contribution in [3.63, 3.8) is 0 Å². The van der Waals surface area contributed by atoms with Gasteiger partial charge in [0.15, 0.2) is 35.1 Å². The number of rotatable bonds is 1. The first-order chi connectivity index (χ1) is 13.3. The third-order valence-electron chi connectivity index (χ3n) is 5.93. The highest BCUT2D eigenvalue weighted by molar-refractivity contribution is 7.81. The average Bonchev–Trinajstić information content (AvgIpc) is 2.70. The van der Waals surface area contributed by atoms with Crippen molar-refractivity contribution >= 4 is 16.2 Å². The standard InChI is InChI=1S/C18H19NO8S/c1-19-9-16(20)18-11-4-6-14(25-27-28(21,22)26-18)17(18)24-15-8-10(7-12(11)19)3-5-13(15)23-2/h3-6,8,11-12,14,17H,7,9H2,1-2H3/t11-,12-,14+,17-,18-/m1/s1. The molecule has 0 unspecified atom stereocenters. The van der Waals surface area contributed by atoms with E-state index in [9.17, 15) is 13.2 Å². The lowest BCUT2D eigenvalue weighted by Gasteiger charge is -2.51. The zero-order valence-electron chi connectivity index (χ0n) is 15.2. The first kappa shape index (κ1) is 18.1. The number of methoxy groups -OCH3 is 1. The summed E-state index contributed by atoms with van der Waals surface area (Å²) in [5, 5.41) is 0. The molecule has 7 bridgehead atoms. The minimum absolute atomic E-state index is 0.0181. The van der Waals surface area contributed by atoms with Crippen molar-refractivity contribution in [3.8, 4) is 11.5 Å². The van der Waals surface area contributed by atoms with Crippen molar-refractivity contribution in [1.82, 2.24) is 4.90 Å². The average molecular weight is 409 g/mol. The Kier molecular flexibility index (Phi) is 3.88. The monoisotopic (exact) mass is 409 g/mol. The zero-order valence-corrected chi connectivity index (χ0v) is 16.0. The largest absolute Gasteiger partial charge is 0.493 e. The van der Waals surface area contributed by atoms with E-state index in [4.69, 9.17) is 18.5 Å². The molecule has 5 atom stereocenters. The first-order valence-corrected chi connectivity index (χ1v) is 10.2. The molecule has 0 N–H and O–H groups in total. The van der Waals surface area contributed by atoms with E-state index in [1.54, 1.807) is 18.2 Å². The number of ketones is 1. The van der Waals surface area contributed by atoms with E-state index >= 15 is 0 Å². The number of hydrogen-bond acceptors (Lipinski definition) is 9. The van der Waals surface area contributed by atoms with Gasteiger partial charge in [-0.25, -0.2) is 9.07 Å². The summed E-state index contributed by atoms with van der Waals surface area (Å²) in [6.45, 7) is 0.0181. The number of likely N-dealkylation sites (tertiary alicyclic amines) is 1. The fraction of sp³-hybridized carbons (Fsp3) is 0.500. The fourth-order valence-corrected chi connectivity index (χ4v) is 5.52. The summed E-state index contributed by atoms with van der Waals surface area (Å²) in [5.74, 6) is -0.121. The topological polar surface area (TPSA) is 101 Å². The van der Waals surface area contributed by atoms with Gasteiger partial charge < -0.3 is 9.47 Å². The number of likely N-dealkylation sites (N-methyl/N-ethyl adjacent to an activating group) is 1. The summed E-state index contributed by atoms with van der Waals surface area (Å²) in [6.07, 6.45) is 2.00. The molecule has 3 heterocycles. The van der Waals surface area contributed by atoms with Crippen molar-refractivity contribution in [2.45, 2.75) is 30.3 Å². The number of carbonyl (C=O) groups is 1. The predicted octanol–water partition coefficient (Wildman–Crippen LogP) is 0.398. The van der Waals surface area contributed by atoms with E-state index in [1.807, 2.05) is 24.1 Å². The minimum atomic E-state index is -4.57. The van der Waals surface area contributed by atoms with Crippen LogP contribution < -0.4 is 9.47 Å².